The number of nitrogens with two attached hydrogens (primary N) is 1. The molecular weight excluding hydrogens is 216 g/mol. The van der Waals surface area contributed by atoms with Gasteiger partial charge in [0, 0.05) is 24.7 Å². The van der Waals surface area contributed by atoms with E-state index in [2.05, 4.69) is 0 Å². The number of benzene rings is 1. The van der Waals surface area contributed by atoms with E-state index in [4.69, 9.17) is 5.73 Å². The summed E-state index contributed by atoms with van der Waals surface area (Å²) in [7, 11) is 0. The van der Waals surface area contributed by atoms with E-state index in [1.165, 1.54) is 16.7 Å². The third-order valence-electron chi connectivity index (χ3n) is 2.69. The maximum absolute atomic E-state index is 9.49. The van der Waals surface area contributed by atoms with Gasteiger partial charge in [0.2, 0.25) is 0 Å². The Kier molecular flexibility index (Phi) is 3.35. The first-order chi connectivity index (χ1) is 8.16. The fraction of sp³-hybridized carbons (Fsp3) is 0.231. The summed E-state index contributed by atoms with van der Waals surface area (Å²) in [5.41, 5.74) is 7.14. The van der Waals surface area contributed by atoms with Crippen molar-refractivity contribution >= 4 is 0 Å². The fourth-order valence-corrected chi connectivity index (χ4v) is 1.85. The number of nitrogens with zero attached hydrogens (tertiary/aromatic N) is 1. The van der Waals surface area contributed by atoms with Crippen molar-refractivity contribution in [2.75, 3.05) is 0 Å². The minimum atomic E-state index is -0.151. The topological polar surface area (TPSA) is 71.4 Å². The molecule has 1 aromatic heterocycles. The molecule has 0 bridgehead atoms. The average Bonchev–Trinajstić information content (AvgIpc) is 2.62. The molecule has 17 heavy (non-hydrogen) atoms. The second kappa shape index (κ2) is 4.93. The third kappa shape index (κ3) is 2.79. The molecule has 1 heterocycles. The molecule has 0 saturated carbocycles. The van der Waals surface area contributed by atoms with E-state index >= 15 is 0 Å². The highest BCUT2D eigenvalue weighted by atomic mass is 16.3. The summed E-state index contributed by atoms with van der Waals surface area (Å²) in [5, 5.41) is 19.0. The number of aromatic nitrogens is 1. The number of rotatable bonds is 4. The van der Waals surface area contributed by atoms with Gasteiger partial charge in [0.05, 0.1) is 0 Å². The van der Waals surface area contributed by atoms with Gasteiger partial charge in [-0.25, -0.2) is 0 Å². The van der Waals surface area contributed by atoms with E-state index in [-0.39, 0.29) is 17.8 Å². The van der Waals surface area contributed by atoms with Crippen LogP contribution >= 0.6 is 0 Å². The van der Waals surface area contributed by atoms with Crippen molar-refractivity contribution in [1.82, 2.24) is 4.57 Å². The van der Waals surface area contributed by atoms with E-state index in [0.29, 0.717) is 13.0 Å². The van der Waals surface area contributed by atoms with Crippen LogP contribution in [0.15, 0.2) is 42.5 Å². The second-order valence-corrected chi connectivity index (χ2v) is 4.11. The molecule has 4 nitrogen and oxygen atoms in total. The number of hydrogen-bond acceptors (Lipinski definition) is 3. The van der Waals surface area contributed by atoms with Crippen LogP contribution < -0.4 is 5.73 Å². The van der Waals surface area contributed by atoms with Gasteiger partial charge in [0.25, 0.3) is 0 Å². The molecule has 0 unspecified atom stereocenters. The number of aromatic hydroxyl groups is 2. The summed E-state index contributed by atoms with van der Waals surface area (Å²) >= 11 is 0. The van der Waals surface area contributed by atoms with Crippen LogP contribution in [0, 0.1) is 0 Å². The van der Waals surface area contributed by atoms with Gasteiger partial charge in [-0.15, -0.1) is 0 Å². The Labute approximate surface area is 99.9 Å². The van der Waals surface area contributed by atoms with Crippen molar-refractivity contribution in [3.63, 3.8) is 0 Å². The van der Waals surface area contributed by atoms with Gasteiger partial charge in [-0.05, 0) is 12.0 Å². The monoisotopic (exact) mass is 232 g/mol. The van der Waals surface area contributed by atoms with Crippen LogP contribution in [-0.4, -0.2) is 20.8 Å². The lowest BCUT2D eigenvalue weighted by molar-refractivity contribution is 0.354. The highest BCUT2D eigenvalue weighted by Gasteiger charge is 2.10. The van der Waals surface area contributed by atoms with E-state index in [1.54, 1.807) is 0 Å². The lowest BCUT2D eigenvalue weighted by Crippen LogP contribution is -2.28. The van der Waals surface area contributed by atoms with Crippen LogP contribution in [0.25, 0.3) is 0 Å². The molecule has 0 saturated heterocycles. The molecule has 0 amide bonds. The SMILES string of the molecule is N[C@@H](Cc1ccccc1)Cn1c(O)ccc1O. The Morgan fingerprint density at radius 1 is 1.00 bits per heavy atom. The molecule has 0 aliphatic rings. The molecule has 0 fully saturated rings. The van der Waals surface area contributed by atoms with Gasteiger partial charge in [-0.1, -0.05) is 30.3 Å². The van der Waals surface area contributed by atoms with Crippen LogP contribution in [-0.2, 0) is 13.0 Å². The summed E-state index contributed by atoms with van der Waals surface area (Å²) in [6.45, 7) is 0.388. The predicted molar refractivity (Wildman–Crippen MR) is 65.9 cm³/mol. The largest absolute Gasteiger partial charge is 0.494 e. The summed E-state index contributed by atoms with van der Waals surface area (Å²) in [6, 6.07) is 12.7. The van der Waals surface area contributed by atoms with Crippen molar-refractivity contribution in [3.8, 4) is 11.8 Å². The molecule has 1 atom stereocenters. The van der Waals surface area contributed by atoms with Crippen molar-refractivity contribution in [3.05, 3.63) is 48.0 Å². The standard InChI is InChI=1S/C13H16N2O2/c14-11(8-10-4-2-1-3-5-10)9-15-12(16)6-7-13(15)17/h1-7,11,16-17H,8-9,14H2/t11-/m0/s1. The predicted octanol–water partition coefficient (Wildman–Crippen LogP) is 1.47. The zero-order valence-corrected chi connectivity index (χ0v) is 9.45. The maximum Gasteiger partial charge on any atom is 0.193 e. The van der Waals surface area contributed by atoms with Gasteiger partial charge < -0.3 is 15.9 Å². The fourth-order valence-electron chi connectivity index (χ4n) is 1.85. The van der Waals surface area contributed by atoms with Gasteiger partial charge in [0.1, 0.15) is 0 Å². The van der Waals surface area contributed by atoms with E-state index in [9.17, 15) is 10.2 Å². The summed E-state index contributed by atoms with van der Waals surface area (Å²) < 4.78 is 1.40. The zero-order valence-electron chi connectivity index (χ0n) is 9.45. The number of hydrogen-bond donors (Lipinski definition) is 3. The van der Waals surface area contributed by atoms with Crippen molar-refractivity contribution in [2.45, 2.75) is 19.0 Å². The molecule has 2 aromatic rings. The van der Waals surface area contributed by atoms with Crippen LogP contribution in [0.5, 0.6) is 11.8 Å². The Morgan fingerprint density at radius 2 is 1.59 bits per heavy atom. The van der Waals surface area contributed by atoms with Crippen molar-refractivity contribution in [1.29, 1.82) is 0 Å². The van der Waals surface area contributed by atoms with E-state index in [0.717, 1.165) is 5.56 Å². The minimum absolute atomic E-state index is 0.0333. The Morgan fingerprint density at radius 3 is 2.18 bits per heavy atom. The molecule has 4 heteroatoms. The second-order valence-electron chi connectivity index (χ2n) is 4.11. The smallest absolute Gasteiger partial charge is 0.193 e. The van der Waals surface area contributed by atoms with Crippen LogP contribution in [0.2, 0.25) is 0 Å². The Bertz CT molecular complexity index is 460. The first kappa shape index (κ1) is 11.5. The highest BCUT2D eigenvalue weighted by molar-refractivity contribution is 5.24. The van der Waals surface area contributed by atoms with Crippen molar-refractivity contribution < 1.29 is 10.2 Å². The van der Waals surface area contributed by atoms with Gasteiger partial charge in [-0.2, -0.15) is 0 Å². The van der Waals surface area contributed by atoms with Crippen LogP contribution in [0.4, 0.5) is 0 Å². The zero-order chi connectivity index (χ0) is 12.3. The molecule has 0 aliphatic carbocycles. The van der Waals surface area contributed by atoms with Crippen molar-refractivity contribution in [2.24, 2.45) is 5.73 Å². The Hall–Kier alpha value is -1.94. The minimum Gasteiger partial charge on any atom is -0.494 e. The first-order valence-corrected chi connectivity index (χ1v) is 5.54. The third-order valence-corrected chi connectivity index (χ3v) is 2.69. The van der Waals surface area contributed by atoms with Crippen LogP contribution in [0.3, 0.4) is 0 Å². The molecule has 2 rings (SSSR count). The molecule has 1 aromatic carbocycles. The molecule has 0 aliphatic heterocycles. The molecular formula is C13H16N2O2. The summed E-state index contributed by atoms with van der Waals surface area (Å²) in [6.07, 6.45) is 0.706. The van der Waals surface area contributed by atoms with Gasteiger partial charge in [-0.3, -0.25) is 4.57 Å². The maximum atomic E-state index is 9.49. The lowest BCUT2D eigenvalue weighted by atomic mass is 10.1. The van der Waals surface area contributed by atoms with Gasteiger partial charge in [0.15, 0.2) is 11.8 Å². The molecule has 0 radical (unpaired) electrons. The molecule has 4 N–H and O–H groups in total. The molecule has 0 spiro atoms. The summed E-state index contributed by atoms with van der Waals surface area (Å²) in [5.74, 6) is 0.0667. The summed E-state index contributed by atoms with van der Waals surface area (Å²) in [4.78, 5) is 0. The average molecular weight is 232 g/mol. The molecule has 90 valence electrons. The normalized spacial score (nSPS) is 12.5. The highest BCUT2D eigenvalue weighted by Crippen LogP contribution is 2.21. The quantitative estimate of drug-likeness (QED) is 0.747. The van der Waals surface area contributed by atoms with E-state index in [1.807, 2.05) is 30.3 Å². The lowest BCUT2D eigenvalue weighted by Gasteiger charge is -2.14. The van der Waals surface area contributed by atoms with E-state index < -0.39 is 0 Å². The first-order valence-electron chi connectivity index (χ1n) is 5.54. The Balaban J connectivity index is 2.01. The van der Waals surface area contributed by atoms with Gasteiger partial charge >= 0.3 is 0 Å². The van der Waals surface area contributed by atoms with Crippen LogP contribution in [0.1, 0.15) is 5.56 Å².